The van der Waals surface area contributed by atoms with Crippen molar-refractivity contribution in [2.24, 2.45) is 0 Å². The van der Waals surface area contributed by atoms with Crippen LogP contribution in [-0.2, 0) is 16.4 Å². The predicted molar refractivity (Wildman–Crippen MR) is 96.6 cm³/mol. The van der Waals surface area contributed by atoms with Gasteiger partial charge in [0.1, 0.15) is 16.3 Å². The minimum Gasteiger partial charge on any atom is -0.495 e. The van der Waals surface area contributed by atoms with Gasteiger partial charge in [0.05, 0.1) is 12.8 Å². The molecule has 0 aliphatic heterocycles. The SMILES string of the molecule is COc1cc(C)c(C)cc1S(=O)(=O)NCCc1cn2ccccc2n1. The molecule has 0 unspecified atom stereocenters. The smallest absolute Gasteiger partial charge is 0.244 e. The highest BCUT2D eigenvalue weighted by atomic mass is 32.2. The van der Waals surface area contributed by atoms with E-state index in [1.54, 1.807) is 12.1 Å². The Labute approximate surface area is 147 Å². The third kappa shape index (κ3) is 3.67. The molecule has 6 nitrogen and oxygen atoms in total. The van der Waals surface area contributed by atoms with Crippen molar-refractivity contribution in [3.05, 3.63) is 59.5 Å². The average Bonchev–Trinajstić information content (AvgIpc) is 2.99. The molecule has 0 saturated heterocycles. The monoisotopic (exact) mass is 359 g/mol. The summed E-state index contributed by atoms with van der Waals surface area (Å²) in [6.07, 6.45) is 4.32. The van der Waals surface area contributed by atoms with Crippen LogP contribution in [0.25, 0.3) is 5.65 Å². The van der Waals surface area contributed by atoms with Gasteiger partial charge in [-0.1, -0.05) is 6.07 Å². The number of hydrogen-bond donors (Lipinski definition) is 1. The summed E-state index contributed by atoms with van der Waals surface area (Å²) >= 11 is 0. The van der Waals surface area contributed by atoms with Gasteiger partial charge in [0, 0.05) is 25.4 Å². The van der Waals surface area contributed by atoms with Crippen LogP contribution in [-0.4, -0.2) is 31.5 Å². The minimum atomic E-state index is -3.65. The summed E-state index contributed by atoms with van der Waals surface area (Å²) < 4.78 is 35.0. The largest absolute Gasteiger partial charge is 0.495 e. The summed E-state index contributed by atoms with van der Waals surface area (Å²) in [5.74, 6) is 0.350. The first-order valence-electron chi connectivity index (χ1n) is 7.98. The molecule has 0 amide bonds. The molecule has 0 aliphatic carbocycles. The highest BCUT2D eigenvalue weighted by molar-refractivity contribution is 7.89. The number of methoxy groups -OCH3 is 1. The molecule has 3 aromatic rings. The van der Waals surface area contributed by atoms with E-state index < -0.39 is 10.0 Å². The van der Waals surface area contributed by atoms with Crippen LogP contribution >= 0.6 is 0 Å². The summed E-state index contributed by atoms with van der Waals surface area (Å²) in [6, 6.07) is 9.13. The first-order valence-corrected chi connectivity index (χ1v) is 9.46. The maximum absolute atomic E-state index is 12.6. The molecule has 0 radical (unpaired) electrons. The number of pyridine rings is 1. The lowest BCUT2D eigenvalue weighted by Crippen LogP contribution is -2.26. The Morgan fingerprint density at radius 1 is 1.20 bits per heavy atom. The molecule has 25 heavy (non-hydrogen) atoms. The number of hydrogen-bond acceptors (Lipinski definition) is 4. The van der Waals surface area contributed by atoms with Crippen molar-refractivity contribution in [3.63, 3.8) is 0 Å². The fraction of sp³-hybridized carbons (Fsp3) is 0.278. The third-order valence-corrected chi connectivity index (χ3v) is 5.64. The van der Waals surface area contributed by atoms with E-state index in [1.807, 2.05) is 48.8 Å². The van der Waals surface area contributed by atoms with E-state index in [0.29, 0.717) is 12.2 Å². The van der Waals surface area contributed by atoms with E-state index in [9.17, 15) is 8.42 Å². The predicted octanol–water partition coefficient (Wildman–Crippen LogP) is 2.48. The number of nitrogens with one attached hydrogen (secondary N) is 1. The maximum atomic E-state index is 12.6. The van der Waals surface area contributed by atoms with E-state index in [2.05, 4.69) is 9.71 Å². The number of aryl methyl sites for hydroxylation is 2. The number of sulfonamides is 1. The summed E-state index contributed by atoms with van der Waals surface area (Å²) in [4.78, 5) is 4.63. The van der Waals surface area contributed by atoms with Crippen molar-refractivity contribution in [2.45, 2.75) is 25.2 Å². The number of nitrogens with zero attached hydrogens (tertiary/aromatic N) is 2. The molecular formula is C18H21N3O3S. The van der Waals surface area contributed by atoms with E-state index in [0.717, 1.165) is 22.5 Å². The van der Waals surface area contributed by atoms with E-state index in [-0.39, 0.29) is 11.4 Å². The minimum absolute atomic E-state index is 0.160. The Kier molecular flexibility index (Phi) is 4.78. The van der Waals surface area contributed by atoms with Crippen molar-refractivity contribution < 1.29 is 13.2 Å². The molecule has 0 fully saturated rings. The molecular weight excluding hydrogens is 338 g/mol. The fourth-order valence-electron chi connectivity index (χ4n) is 2.63. The number of ether oxygens (including phenoxy) is 1. The van der Waals surface area contributed by atoms with Crippen molar-refractivity contribution in [1.29, 1.82) is 0 Å². The van der Waals surface area contributed by atoms with Gasteiger partial charge in [-0.05, 0) is 49.2 Å². The second-order valence-electron chi connectivity index (χ2n) is 5.93. The van der Waals surface area contributed by atoms with Crippen LogP contribution in [0.5, 0.6) is 5.75 Å². The van der Waals surface area contributed by atoms with E-state index >= 15 is 0 Å². The van der Waals surface area contributed by atoms with Crippen LogP contribution in [0.1, 0.15) is 16.8 Å². The lowest BCUT2D eigenvalue weighted by molar-refractivity contribution is 0.402. The molecule has 0 aliphatic rings. The molecule has 3 rings (SSSR count). The average molecular weight is 359 g/mol. The Bertz CT molecular complexity index is 977. The van der Waals surface area contributed by atoms with Gasteiger partial charge in [-0.2, -0.15) is 0 Å². The lowest BCUT2D eigenvalue weighted by Gasteiger charge is -2.13. The molecule has 2 heterocycles. The zero-order valence-electron chi connectivity index (χ0n) is 14.5. The summed E-state index contributed by atoms with van der Waals surface area (Å²) in [6.45, 7) is 4.07. The molecule has 2 aromatic heterocycles. The first-order chi connectivity index (χ1) is 11.9. The number of rotatable bonds is 6. The third-order valence-electron chi connectivity index (χ3n) is 4.16. The molecule has 0 saturated carbocycles. The topological polar surface area (TPSA) is 72.7 Å². The Morgan fingerprint density at radius 3 is 2.68 bits per heavy atom. The summed E-state index contributed by atoms with van der Waals surface area (Å²) in [5, 5.41) is 0. The Balaban J connectivity index is 1.74. The Morgan fingerprint density at radius 2 is 1.96 bits per heavy atom. The van der Waals surface area contributed by atoms with Gasteiger partial charge in [0.15, 0.2) is 0 Å². The van der Waals surface area contributed by atoms with Gasteiger partial charge < -0.3 is 9.14 Å². The van der Waals surface area contributed by atoms with Crippen LogP contribution in [0.4, 0.5) is 0 Å². The van der Waals surface area contributed by atoms with Crippen molar-refractivity contribution in [2.75, 3.05) is 13.7 Å². The second-order valence-corrected chi connectivity index (χ2v) is 7.67. The lowest BCUT2D eigenvalue weighted by atomic mass is 10.1. The van der Waals surface area contributed by atoms with Gasteiger partial charge in [-0.15, -0.1) is 0 Å². The molecule has 7 heteroatoms. The van der Waals surface area contributed by atoms with Gasteiger partial charge in [0.2, 0.25) is 10.0 Å². The van der Waals surface area contributed by atoms with Gasteiger partial charge in [-0.25, -0.2) is 18.1 Å². The highest BCUT2D eigenvalue weighted by Crippen LogP contribution is 2.27. The molecule has 1 aromatic carbocycles. The quantitative estimate of drug-likeness (QED) is 0.734. The van der Waals surface area contributed by atoms with Crippen LogP contribution < -0.4 is 9.46 Å². The molecule has 0 bridgehead atoms. The number of benzene rings is 1. The van der Waals surface area contributed by atoms with Crippen LogP contribution in [0.15, 0.2) is 47.6 Å². The van der Waals surface area contributed by atoms with Crippen molar-refractivity contribution in [1.82, 2.24) is 14.1 Å². The summed E-state index contributed by atoms with van der Waals surface area (Å²) in [7, 11) is -2.18. The zero-order chi connectivity index (χ0) is 18.0. The van der Waals surface area contributed by atoms with Gasteiger partial charge in [-0.3, -0.25) is 0 Å². The fourth-order valence-corrected chi connectivity index (χ4v) is 3.90. The van der Waals surface area contributed by atoms with E-state index in [4.69, 9.17) is 4.74 Å². The van der Waals surface area contributed by atoms with Gasteiger partial charge in [0.25, 0.3) is 0 Å². The maximum Gasteiger partial charge on any atom is 0.244 e. The van der Waals surface area contributed by atoms with Crippen LogP contribution in [0.2, 0.25) is 0 Å². The zero-order valence-corrected chi connectivity index (χ0v) is 15.3. The molecule has 0 spiro atoms. The molecule has 132 valence electrons. The number of aromatic nitrogens is 2. The number of imidazole rings is 1. The standard InChI is InChI=1S/C18H21N3O3S/c1-13-10-16(24-3)17(11-14(13)2)25(22,23)19-8-7-15-12-21-9-5-4-6-18(21)20-15/h4-6,9-12,19H,7-8H2,1-3H3. The van der Waals surface area contributed by atoms with Crippen molar-refractivity contribution in [3.8, 4) is 5.75 Å². The van der Waals surface area contributed by atoms with Crippen LogP contribution in [0, 0.1) is 13.8 Å². The van der Waals surface area contributed by atoms with Gasteiger partial charge >= 0.3 is 0 Å². The molecule has 1 N–H and O–H groups in total. The second kappa shape index (κ2) is 6.85. The van der Waals surface area contributed by atoms with Crippen molar-refractivity contribution >= 4 is 15.7 Å². The highest BCUT2D eigenvalue weighted by Gasteiger charge is 2.20. The first kappa shape index (κ1) is 17.4. The Hall–Kier alpha value is -2.38. The molecule has 0 atom stereocenters. The summed E-state index contributed by atoms with van der Waals surface area (Å²) in [5.41, 5.74) is 3.57. The van der Waals surface area contributed by atoms with Crippen LogP contribution in [0.3, 0.4) is 0 Å². The normalized spacial score (nSPS) is 11.8. The number of fused-ring (bicyclic) bond motifs is 1. The van der Waals surface area contributed by atoms with E-state index in [1.165, 1.54) is 7.11 Å².